The van der Waals surface area contributed by atoms with Crippen molar-refractivity contribution in [3.63, 3.8) is 0 Å². The normalized spacial score (nSPS) is 42.5. The molecular weight excluding hydrogens is 248 g/mol. The molecule has 0 radical (unpaired) electrons. The minimum absolute atomic E-state index is 0.172. The van der Waals surface area contributed by atoms with Crippen LogP contribution in [0.1, 0.15) is 19.3 Å². The van der Waals surface area contributed by atoms with Gasteiger partial charge in [-0.2, -0.15) is 11.8 Å². The molecule has 0 aromatic carbocycles. The van der Waals surface area contributed by atoms with Crippen molar-refractivity contribution < 1.29 is 9.47 Å². The van der Waals surface area contributed by atoms with Gasteiger partial charge in [-0.1, -0.05) is 0 Å². The third-order valence-electron chi connectivity index (χ3n) is 4.55. The van der Waals surface area contributed by atoms with E-state index in [1.807, 2.05) is 11.8 Å². The van der Waals surface area contributed by atoms with Gasteiger partial charge in [0, 0.05) is 37.5 Å². The van der Waals surface area contributed by atoms with Crippen LogP contribution in [0, 0.1) is 0 Å². The van der Waals surface area contributed by atoms with Crippen LogP contribution in [0.25, 0.3) is 0 Å². The standard InChI is InChI=1S/C13H24N2O2S/c14-8-12-9-16-5-3-15(12)11-1-4-17-13(7-11)2-6-18-10-13/h11-12H,1-10,14H2. The molecule has 3 saturated heterocycles. The van der Waals surface area contributed by atoms with E-state index < -0.39 is 0 Å². The highest BCUT2D eigenvalue weighted by atomic mass is 32.2. The van der Waals surface area contributed by atoms with Crippen molar-refractivity contribution in [3.8, 4) is 0 Å². The fraction of sp³-hybridized carbons (Fsp3) is 1.00. The largest absolute Gasteiger partial charge is 0.378 e. The summed E-state index contributed by atoms with van der Waals surface area (Å²) in [6.07, 6.45) is 3.57. The molecule has 0 saturated carbocycles. The molecule has 5 heteroatoms. The first-order valence-electron chi connectivity index (χ1n) is 7.08. The highest BCUT2D eigenvalue weighted by molar-refractivity contribution is 7.99. The molecule has 0 aromatic rings. The van der Waals surface area contributed by atoms with Crippen molar-refractivity contribution in [2.24, 2.45) is 5.73 Å². The third-order valence-corrected chi connectivity index (χ3v) is 5.77. The van der Waals surface area contributed by atoms with E-state index in [2.05, 4.69) is 4.90 Å². The molecule has 0 aromatic heterocycles. The Bertz CT molecular complexity index is 284. The van der Waals surface area contributed by atoms with E-state index in [1.165, 1.54) is 24.3 Å². The number of rotatable bonds is 2. The van der Waals surface area contributed by atoms with Gasteiger partial charge in [-0.15, -0.1) is 0 Å². The molecule has 3 atom stereocenters. The maximum absolute atomic E-state index is 6.11. The second-order valence-corrected chi connectivity index (χ2v) is 6.79. The van der Waals surface area contributed by atoms with Crippen LogP contribution in [0.2, 0.25) is 0 Å². The summed E-state index contributed by atoms with van der Waals surface area (Å²) >= 11 is 2.04. The van der Waals surface area contributed by atoms with E-state index in [1.54, 1.807) is 0 Å². The number of hydrogen-bond donors (Lipinski definition) is 1. The van der Waals surface area contributed by atoms with Crippen molar-refractivity contribution in [2.75, 3.05) is 44.4 Å². The van der Waals surface area contributed by atoms with Gasteiger partial charge in [0.05, 0.1) is 18.8 Å². The molecule has 3 rings (SSSR count). The Kier molecular flexibility index (Phi) is 4.15. The summed E-state index contributed by atoms with van der Waals surface area (Å²) in [6.45, 7) is 4.32. The van der Waals surface area contributed by atoms with Crippen LogP contribution < -0.4 is 5.73 Å². The van der Waals surface area contributed by atoms with Gasteiger partial charge in [-0.05, 0) is 25.0 Å². The molecule has 3 heterocycles. The van der Waals surface area contributed by atoms with Gasteiger partial charge in [0.25, 0.3) is 0 Å². The summed E-state index contributed by atoms with van der Waals surface area (Å²) in [5.74, 6) is 2.44. The zero-order valence-electron chi connectivity index (χ0n) is 11.0. The Morgan fingerprint density at radius 2 is 2.33 bits per heavy atom. The molecule has 3 aliphatic heterocycles. The molecular formula is C13H24N2O2S. The molecule has 0 amide bonds. The van der Waals surface area contributed by atoms with Crippen LogP contribution in [-0.4, -0.2) is 67.0 Å². The van der Waals surface area contributed by atoms with E-state index in [0.29, 0.717) is 18.6 Å². The highest BCUT2D eigenvalue weighted by Gasteiger charge is 2.43. The highest BCUT2D eigenvalue weighted by Crippen LogP contribution is 2.40. The van der Waals surface area contributed by atoms with E-state index in [4.69, 9.17) is 15.2 Å². The molecule has 3 unspecified atom stereocenters. The fourth-order valence-corrected chi connectivity index (χ4v) is 4.88. The lowest BCUT2D eigenvalue weighted by Crippen LogP contribution is -2.57. The Balaban J connectivity index is 1.67. The second kappa shape index (κ2) is 5.67. The minimum atomic E-state index is 0.172. The molecule has 3 fully saturated rings. The van der Waals surface area contributed by atoms with Gasteiger partial charge in [-0.25, -0.2) is 0 Å². The van der Waals surface area contributed by atoms with Crippen LogP contribution in [0.15, 0.2) is 0 Å². The van der Waals surface area contributed by atoms with E-state index in [9.17, 15) is 0 Å². The third kappa shape index (κ3) is 2.56. The minimum Gasteiger partial charge on any atom is -0.378 e. The Morgan fingerprint density at radius 1 is 1.39 bits per heavy atom. The molecule has 0 aliphatic carbocycles. The van der Waals surface area contributed by atoms with Gasteiger partial charge in [0.1, 0.15) is 0 Å². The Hall–Kier alpha value is 0.190. The van der Waals surface area contributed by atoms with Gasteiger partial charge in [0.15, 0.2) is 0 Å². The maximum Gasteiger partial charge on any atom is 0.0795 e. The lowest BCUT2D eigenvalue weighted by molar-refractivity contribution is -0.113. The maximum atomic E-state index is 6.11. The molecule has 18 heavy (non-hydrogen) atoms. The number of thioether (sulfide) groups is 1. The number of nitrogens with two attached hydrogens (primary N) is 1. The molecule has 2 N–H and O–H groups in total. The van der Waals surface area contributed by atoms with E-state index >= 15 is 0 Å². The van der Waals surface area contributed by atoms with Crippen molar-refractivity contribution >= 4 is 11.8 Å². The van der Waals surface area contributed by atoms with Crippen molar-refractivity contribution in [1.82, 2.24) is 4.90 Å². The van der Waals surface area contributed by atoms with Gasteiger partial charge in [0.2, 0.25) is 0 Å². The van der Waals surface area contributed by atoms with Crippen LogP contribution in [0.5, 0.6) is 0 Å². The quantitative estimate of drug-likeness (QED) is 0.802. The average molecular weight is 272 g/mol. The van der Waals surface area contributed by atoms with E-state index in [0.717, 1.165) is 32.8 Å². The summed E-state index contributed by atoms with van der Waals surface area (Å²) in [6, 6.07) is 1.06. The fourth-order valence-electron chi connectivity index (χ4n) is 3.50. The molecule has 4 nitrogen and oxygen atoms in total. The Labute approximate surface area is 114 Å². The zero-order valence-corrected chi connectivity index (χ0v) is 11.8. The van der Waals surface area contributed by atoms with Crippen LogP contribution >= 0.6 is 11.8 Å². The average Bonchev–Trinajstić information content (AvgIpc) is 2.86. The van der Waals surface area contributed by atoms with Crippen molar-refractivity contribution in [1.29, 1.82) is 0 Å². The van der Waals surface area contributed by atoms with Gasteiger partial charge in [-0.3, -0.25) is 4.90 Å². The molecule has 0 bridgehead atoms. The topological polar surface area (TPSA) is 47.7 Å². The summed E-state index contributed by atoms with van der Waals surface area (Å²) in [5, 5.41) is 0. The predicted octanol–water partition coefficient (Wildman–Crippen LogP) is 0.701. The smallest absolute Gasteiger partial charge is 0.0795 e. The number of hydrogen-bond acceptors (Lipinski definition) is 5. The lowest BCUT2D eigenvalue weighted by atomic mass is 9.88. The van der Waals surface area contributed by atoms with E-state index in [-0.39, 0.29) is 5.60 Å². The first kappa shape index (κ1) is 13.2. The first-order chi connectivity index (χ1) is 8.83. The molecule has 1 spiro atoms. The summed E-state index contributed by atoms with van der Waals surface area (Å²) in [5.41, 5.74) is 6.06. The zero-order chi connectivity index (χ0) is 12.4. The summed E-state index contributed by atoms with van der Waals surface area (Å²) in [4.78, 5) is 2.59. The predicted molar refractivity (Wildman–Crippen MR) is 74.0 cm³/mol. The number of ether oxygens (including phenoxy) is 2. The first-order valence-corrected chi connectivity index (χ1v) is 8.24. The number of morpholine rings is 1. The summed E-state index contributed by atoms with van der Waals surface area (Å²) < 4.78 is 11.7. The SMILES string of the molecule is NCC1COCCN1C1CCOC2(CCSC2)C1. The monoisotopic (exact) mass is 272 g/mol. The van der Waals surface area contributed by atoms with Gasteiger partial charge >= 0.3 is 0 Å². The van der Waals surface area contributed by atoms with Crippen LogP contribution in [0.4, 0.5) is 0 Å². The second-order valence-electron chi connectivity index (χ2n) is 5.68. The van der Waals surface area contributed by atoms with Crippen LogP contribution in [-0.2, 0) is 9.47 Å². The molecule has 3 aliphatic rings. The summed E-state index contributed by atoms with van der Waals surface area (Å²) in [7, 11) is 0. The number of nitrogens with zero attached hydrogens (tertiary/aromatic N) is 1. The lowest BCUT2D eigenvalue weighted by Gasteiger charge is -2.46. The van der Waals surface area contributed by atoms with Crippen LogP contribution in [0.3, 0.4) is 0 Å². The van der Waals surface area contributed by atoms with Gasteiger partial charge < -0.3 is 15.2 Å². The molecule has 104 valence electrons. The van der Waals surface area contributed by atoms with Crippen molar-refractivity contribution in [3.05, 3.63) is 0 Å². The van der Waals surface area contributed by atoms with Crippen molar-refractivity contribution in [2.45, 2.75) is 36.9 Å². The Morgan fingerprint density at radius 3 is 3.11 bits per heavy atom.